The minimum atomic E-state index is -3.72. The van der Waals surface area contributed by atoms with E-state index in [4.69, 9.17) is 0 Å². The molecule has 2 aromatic carbocycles. The van der Waals surface area contributed by atoms with Gasteiger partial charge in [-0.25, -0.2) is 16.8 Å². The summed E-state index contributed by atoms with van der Waals surface area (Å²) >= 11 is 0. The number of amides is 1. The van der Waals surface area contributed by atoms with Crippen LogP contribution in [0.2, 0.25) is 0 Å². The molecule has 0 aliphatic rings. The Hall–Kier alpha value is -2.43. The lowest BCUT2D eigenvalue weighted by atomic mass is 10.1. The number of carbonyl (C=O) groups is 1. The predicted octanol–water partition coefficient (Wildman–Crippen LogP) is 2.65. The highest BCUT2D eigenvalue weighted by Crippen LogP contribution is 2.23. The van der Waals surface area contributed by atoms with Crippen LogP contribution in [0.5, 0.6) is 0 Å². The molecule has 1 amide bonds. The molecule has 0 saturated heterocycles. The van der Waals surface area contributed by atoms with E-state index in [1.807, 2.05) is 0 Å². The number of anilines is 2. The molecular weight excluding hydrogens is 414 g/mol. The van der Waals surface area contributed by atoms with Crippen LogP contribution in [0.4, 0.5) is 11.4 Å². The minimum absolute atomic E-state index is 0.0182. The minimum Gasteiger partial charge on any atom is -0.322 e. The molecular formula is C19H25N3O5S2. The van der Waals surface area contributed by atoms with Gasteiger partial charge in [0.15, 0.2) is 0 Å². The van der Waals surface area contributed by atoms with E-state index in [0.29, 0.717) is 16.9 Å². The number of aryl methyl sites for hydroxylation is 1. The van der Waals surface area contributed by atoms with E-state index < -0.39 is 26.0 Å². The zero-order chi connectivity index (χ0) is 22.0. The van der Waals surface area contributed by atoms with Crippen molar-refractivity contribution >= 4 is 37.3 Å². The molecule has 0 radical (unpaired) electrons. The van der Waals surface area contributed by atoms with Crippen LogP contribution in [0.15, 0.2) is 47.4 Å². The molecule has 29 heavy (non-hydrogen) atoms. The number of carbonyl (C=O) groups excluding carboxylic acids is 1. The third-order valence-electron chi connectivity index (χ3n) is 4.29. The molecule has 0 aliphatic carbocycles. The second-order valence-electron chi connectivity index (χ2n) is 7.00. The molecule has 0 bridgehead atoms. The number of nitrogens with zero attached hydrogens (tertiary/aromatic N) is 1. The molecule has 158 valence electrons. The number of hydrogen-bond donors (Lipinski definition) is 2. The van der Waals surface area contributed by atoms with E-state index in [1.165, 1.54) is 41.7 Å². The highest BCUT2D eigenvalue weighted by molar-refractivity contribution is 7.92. The van der Waals surface area contributed by atoms with Gasteiger partial charge in [0.25, 0.3) is 5.91 Å². The molecule has 0 unspecified atom stereocenters. The zero-order valence-corrected chi connectivity index (χ0v) is 18.6. The maximum absolute atomic E-state index is 12.7. The zero-order valence-electron chi connectivity index (χ0n) is 16.9. The Morgan fingerprint density at radius 1 is 1.03 bits per heavy atom. The van der Waals surface area contributed by atoms with E-state index in [1.54, 1.807) is 32.9 Å². The van der Waals surface area contributed by atoms with Gasteiger partial charge in [-0.3, -0.25) is 9.52 Å². The van der Waals surface area contributed by atoms with Crippen LogP contribution in [0.25, 0.3) is 0 Å². The molecule has 0 heterocycles. The van der Waals surface area contributed by atoms with Crippen molar-refractivity contribution in [3.05, 3.63) is 53.6 Å². The van der Waals surface area contributed by atoms with Crippen LogP contribution in [-0.2, 0) is 20.0 Å². The smallest absolute Gasteiger partial charge is 0.255 e. The molecule has 8 nitrogen and oxygen atoms in total. The third-order valence-corrected chi connectivity index (χ3v) is 6.91. The van der Waals surface area contributed by atoms with E-state index in [-0.39, 0.29) is 16.5 Å². The van der Waals surface area contributed by atoms with Gasteiger partial charge < -0.3 is 5.32 Å². The van der Waals surface area contributed by atoms with Gasteiger partial charge >= 0.3 is 0 Å². The van der Waals surface area contributed by atoms with Crippen LogP contribution in [-0.4, -0.2) is 46.4 Å². The fourth-order valence-electron chi connectivity index (χ4n) is 2.45. The lowest BCUT2D eigenvalue weighted by Gasteiger charge is -2.21. The molecule has 2 rings (SSSR count). The molecule has 0 fully saturated rings. The van der Waals surface area contributed by atoms with Crippen molar-refractivity contribution in [3.8, 4) is 0 Å². The van der Waals surface area contributed by atoms with E-state index in [2.05, 4.69) is 10.0 Å². The predicted molar refractivity (Wildman–Crippen MR) is 114 cm³/mol. The quantitative estimate of drug-likeness (QED) is 0.689. The highest BCUT2D eigenvalue weighted by Gasteiger charge is 2.24. The molecule has 2 N–H and O–H groups in total. The summed E-state index contributed by atoms with van der Waals surface area (Å²) in [5.74, 6) is -0.511. The Kier molecular flexibility index (Phi) is 6.71. The van der Waals surface area contributed by atoms with Crippen molar-refractivity contribution in [1.82, 2.24) is 4.31 Å². The van der Waals surface area contributed by atoms with Crippen LogP contribution in [0, 0.1) is 6.92 Å². The first-order valence-electron chi connectivity index (χ1n) is 8.79. The van der Waals surface area contributed by atoms with Gasteiger partial charge in [-0.05, 0) is 56.7 Å². The largest absolute Gasteiger partial charge is 0.322 e. The Bertz CT molecular complexity index is 1130. The summed E-state index contributed by atoms with van der Waals surface area (Å²) in [7, 11) is -5.71. The molecule has 0 aliphatic heterocycles. The summed E-state index contributed by atoms with van der Waals surface area (Å²) in [6.45, 7) is 5.25. The van der Waals surface area contributed by atoms with Crippen molar-refractivity contribution in [3.63, 3.8) is 0 Å². The summed E-state index contributed by atoms with van der Waals surface area (Å²) in [6.07, 6.45) is 1.04. The molecule has 0 aromatic heterocycles. The van der Waals surface area contributed by atoms with Crippen LogP contribution >= 0.6 is 0 Å². The van der Waals surface area contributed by atoms with Crippen molar-refractivity contribution in [2.45, 2.75) is 31.7 Å². The van der Waals surface area contributed by atoms with E-state index in [0.717, 1.165) is 6.26 Å². The molecule has 0 saturated carbocycles. The maximum Gasteiger partial charge on any atom is 0.255 e. The van der Waals surface area contributed by atoms with Crippen molar-refractivity contribution < 1.29 is 21.6 Å². The standard InChI is InChI=1S/C19H25N3O5S2/c1-13(2)22(4)29(26,27)17-8-6-7-15(11-17)19(23)20-16-10-9-14(3)18(12-16)21-28(5,24)25/h6-13,21H,1-5H3,(H,20,23). The summed E-state index contributed by atoms with van der Waals surface area (Å²) in [5.41, 5.74) is 1.58. The van der Waals surface area contributed by atoms with Crippen LogP contribution < -0.4 is 10.0 Å². The second kappa shape index (κ2) is 8.52. The fourth-order valence-corrected chi connectivity index (χ4v) is 4.49. The van der Waals surface area contributed by atoms with Gasteiger partial charge in [0.2, 0.25) is 20.0 Å². The average Bonchev–Trinajstić information content (AvgIpc) is 2.62. The molecule has 10 heteroatoms. The number of rotatable bonds is 7. The number of hydrogen-bond acceptors (Lipinski definition) is 5. The Balaban J connectivity index is 2.30. The van der Waals surface area contributed by atoms with Gasteiger partial charge in [0.05, 0.1) is 16.8 Å². The van der Waals surface area contributed by atoms with Gasteiger partial charge in [-0.2, -0.15) is 4.31 Å². The van der Waals surface area contributed by atoms with E-state index >= 15 is 0 Å². The monoisotopic (exact) mass is 439 g/mol. The van der Waals surface area contributed by atoms with Gasteiger partial charge in [0, 0.05) is 24.3 Å². The second-order valence-corrected chi connectivity index (χ2v) is 10.7. The third kappa shape index (κ3) is 5.78. The van der Waals surface area contributed by atoms with Crippen molar-refractivity contribution in [1.29, 1.82) is 0 Å². The molecule has 0 atom stereocenters. The Labute approximate surface area is 172 Å². The topological polar surface area (TPSA) is 113 Å². The molecule has 0 spiro atoms. The highest BCUT2D eigenvalue weighted by atomic mass is 32.2. The number of sulfonamides is 2. The normalized spacial score (nSPS) is 12.2. The summed E-state index contributed by atoms with van der Waals surface area (Å²) in [6, 6.07) is 10.3. The van der Waals surface area contributed by atoms with Gasteiger partial charge in [-0.1, -0.05) is 12.1 Å². The van der Waals surface area contributed by atoms with Crippen LogP contribution in [0.3, 0.4) is 0 Å². The summed E-state index contributed by atoms with van der Waals surface area (Å²) < 4.78 is 51.9. The van der Waals surface area contributed by atoms with Crippen molar-refractivity contribution in [2.75, 3.05) is 23.3 Å². The lowest BCUT2D eigenvalue weighted by molar-refractivity contribution is 0.102. The first-order valence-corrected chi connectivity index (χ1v) is 12.1. The Morgan fingerprint density at radius 2 is 1.69 bits per heavy atom. The van der Waals surface area contributed by atoms with E-state index in [9.17, 15) is 21.6 Å². The average molecular weight is 440 g/mol. The van der Waals surface area contributed by atoms with Gasteiger partial charge in [-0.15, -0.1) is 0 Å². The van der Waals surface area contributed by atoms with Crippen LogP contribution in [0.1, 0.15) is 29.8 Å². The van der Waals surface area contributed by atoms with Crippen molar-refractivity contribution in [2.24, 2.45) is 0 Å². The number of nitrogens with one attached hydrogen (secondary N) is 2. The number of benzene rings is 2. The summed E-state index contributed by atoms with van der Waals surface area (Å²) in [4.78, 5) is 12.6. The lowest BCUT2D eigenvalue weighted by Crippen LogP contribution is -2.33. The van der Waals surface area contributed by atoms with Gasteiger partial charge in [0.1, 0.15) is 0 Å². The SMILES string of the molecule is Cc1ccc(NC(=O)c2cccc(S(=O)(=O)N(C)C(C)C)c2)cc1NS(C)(=O)=O. The molecule has 2 aromatic rings. The Morgan fingerprint density at radius 3 is 2.28 bits per heavy atom. The summed E-state index contributed by atoms with van der Waals surface area (Å²) in [5, 5.41) is 2.66. The fraction of sp³-hybridized carbons (Fsp3) is 0.316. The maximum atomic E-state index is 12.7. The first-order chi connectivity index (χ1) is 13.3. The first kappa shape index (κ1) is 22.9.